The number of guanidine groups is 1. The lowest BCUT2D eigenvalue weighted by molar-refractivity contribution is 1.39. The van der Waals surface area contributed by atoms with E-state index in [0.717, 1.165) is 5.69 Å². The molecule has 0 radical (unpaired) electrons. The van der Waals surface area contributed by atoms with Crippen molar-refractivity contribution in [2.75, 3.05) is 0 Å². The Morgan fingerprint density at radius 3 is 1.92 bits per heavy atom. The third-order valence-corrected chi connectivity index (χ3v) is 1.29. The summed E-state index contributed by atoms with van der Waals surface area (Å²) in [7, 11) is 0. The summed E-state index contributed by atoms with van der Waals surface area (Å²) in [6.45, 7) is 6.01. The first-order chi connectivity index (χ1) is 6.18. The topological polar surface area (TPSA) is 64.4 Å². The van der Waals surface area contributed by atoms with Gasteiger partial charge in [-0.2, -0.15) is 0 Å². The molecule has 0 spiro atoms. The van der Waals surface area contributed by atoms with Gasteiger partial charge < -0.3 is 11.5 Å². The molecule has 0 aliphatic carbocycles. The van der Waals surface area contributed by atoms with Gasteiger partial charge >= 0.3 is 0 Å². The minimum atomic E-state index is 0.0915. The molecule has 0 heterocycles. The Bertz CT molecular complexity index is 258. The fourth-order valence-electron chi connectivity index (χ4n) is 0.768. The SMILES string of the molecule is CC.Cc1ccc(N=C(N)N)cc1. The van der Waals surface area contributed by atoms with Gasteiger partial charge in [0.25, 0.3) is 0 Å². The van der Waals surface area contributed by atoms with E-state index in [0.29, 0.717) is 0 Å². The van der Waals surface area contributed by atoms with Gasteiger partial charge in [-0.15, -0.1) is 0 Å². The number of hydrogen-bond acceptors (Lipinski definition) is 1. The summed E-state index contributed by atoms with van der Waals surface area (Å²) in [5.74, 6) is 0.0915. The minimum Gasteiger partial charge on any atom is -0.370 e. The van der Waals surface area contributed by atoms with Gasteiger partial charge in [-0.05, 0) is 19.1 Å². The molecule has 0 fully saturated rings. The van der Waals surface area contributed by atoms with E-state index in [1.807, 2.05) is 45.0 Å². The number of nitrogens with zero attached hydrogens (tertiary/aromatic N) is 1. The normalized spacial score (nSPS) is 8.23. The third-order valence-electron chi connectivity index (χ3n) is 1.29. The smallest absolute Gasteiger partial charge is 0.191 e. The predicted octanol–water partition coefficient (Wildman–Crippen LogP) is 1.93. The average Bonchev–Trinajstić information content (AvgIpc) is 2.12. The van der Waals surface area contributed by atoms with E-state index >= 15 is 0 Å². The second kappa shape index (κ2) is 6.06. The number of aryl methyl sites for hydroxylation is 1. The van der Waals surface area contributed by atoms with Gasteiger partial charge in [0.05, 0.1) is 5.69 Å². The summed E-state index contributed by atoms with van der Waals surface area (Å²) in [5.41, 5.74) is 12.4. The Morgan fingerprint density at radius 2 is 1.54 bits per heavy atom. The first-order valence-corrected chi connectivity index (χ1v) is 4.35. The van der Waals surface area contributed by atoms with Crippen molar-refractivity contribution in [1.29, 1.82) is 0 Å². The Labute approximate surface area is 79.5 Å². The Kier molecular flexibility index (Phi) is 5.35. The summed E-state index contributed by atoms with van der Waals surface area (Å²) in [4.78, 5) is 3.87. The molecule has 3 heteroatoms. The maximum atomic E-state index is 5.19. The van der Waals surface area contributed by atoms with E-state index in [1.165, 1.54) is 5.56 Å². The lowest BCUT2D eigenvalue weighted by atomic mass is 10.2. The third kappa shape index (κ3) is 4.85. The first-order valence-electron chi connectivity index (χ1n) is 4.35. The quantitative estimate of drug-likeness (QED) is 0.511. The van der Waals surface area contributed by atoms with Crippen molar-refractivity contribution in [3.63, 3.8) is 0 Å². The van der Waals surface area contributed by atoms with Gasteiger partial charge in [0, 0.05) is 0 Å². The monoisotopic (exact) mass is 179 g/mol. The van der Waals surface area contributed by atoms with Crippen LogP contribution in [0.1, 0.15) is 19.4 Å². The molecular weight excluding hydrogens is 162 g/mol. The van der Waals surface area contributed by atoms with Gasteiger partial charge in [0.2, 0.25) is 0 Å². The van der Waals surface area contributed by atoms with Crippen LogP contribution >= 0.6 is 0 Å². The second-order valence-electron chi connectivity index (χ2n) is 2.37. The number of rotatable bonds is 1. The second-order valence-corrected chi connectivity index (χ2v) is 2.37. The molecule has 0 saturated heterocycles. The van der Waals surface area contributed by atoms with Crippen LogP contribution in [0.15, 0.2) is 29.3 Å². The number of nitrogens with two attached hydrogens (primary N) is 2. The summed E-state index contributed by atoms with van der Waals surface area (Å²) < 4.78 is 0. The summed E-state index contributed by atoms with van der Waals surface area (Å²) in [6, 6.07) is 7.66. The molecule has 0 aliphatic rings. The van der Waals surface area contributed by atoms with Crippen LogP contribution in [0, 0.1) is 6.92 Å². The molecule has 0 bridgehead atoms. The van der Waals surface area contributed by atoms with Crippen LogP contribution in [0.4, 0.5) is 5.69 Å². The zero-order chi connectivity index (χ0) is 10.3. The first kappa shape index (κ1) is 11.5. The molecule has 0 aliphatic heterocycles. The van der Waals surface area contributed by atoms with Crippen LogP contribution in [-0.4, -0.2) is 5.96 Å². The number of aliphatic imine (C=N–C) groups is 1. The van der Waals surface area contributed by atoms with Gasteiger partial charge in [-0.3, -0.25) is 0 Å². The van der Waals surface area contributed by atoms with Crippen LogP contribution in [0.5, 0.6) is 0 Å². The van der Waals surface area contributed by atoms with Crippen molar-refractivity contribution >= 4 is 11.6 Å². The molecule has 4 N–H and O–H groups in total. The lowest BCUT2D eigenvalue weighted by Gasteiger charge is -1.94. The van der Waals surface area contributed by atoms with Crippen molar-refractivity contribution in [2.45, 2.75) is 20.8 Å². The van der Waals surface area contributed by atoms with Gasteiger partial charge in [0.15, 0.2) is 5.96 Å². The maximum absolute atomic E-state index is 5.19. The zero-order valence-electron chi connectivity index (χ0n) is 8.41. The van der Waals surface area contributed by atoms with Crippen LogP contribution in [0.2, 0.25) is 0 Å². The van der Waals surface area contributed by atoms with E-state index in [1.54, 1.807) is 0 Å². The highest BCUT2D eigenvalue weighted by Gasteiger charge is 1.87. The molecule has 0 aromatic heterocycles. The molecule has 0 atom stereocenters. The molecule has 1 aromatic rings. The molecular formula is C10H17N3. The Morgan fingerprint density at radius 1 is 1.08 bits per heavy atom. The van der Waals surface area contributed by atoms with E-state index in [-0.39, 0.29) is 5.96 Å². The van der Waals surface area contributed by atoms with Crippen molar-refractivity contribution in [1.82, 2.24) is 0 Å². The number of benzene rings is 1. The molecule has 72 valence electrons. The van der Waals surface area contributed by atoms with Crippen LogP contribution in [0.25, 0.3) is 0 Å². The molecule has 0 amide bonds. The van der Waals surface area contributed by atoms with Crippen LogP contribution in [-0.2, 0) is 0 Å². The fraction of sp³-hybridized carbons (Fsp3) is 0.300. The van der Waals surface area contributed by atoms with Crippen molar-refractivity contribution < 1.29 is 0 Å². The highest BCUT2D eigenvalue weighted by Crippen LogP contribution is 2.11. The molecule has 0 saturated carbocycles. The van der Waals surface area contributed by atoms with E-state index in [9.17, 15) is 0 Å². The number of hydrogen-bond donors (Lipinski definition) is 2. The van der Waals surface area contributed by atoms with Crippen molar-refractivity contribution in [3.05, 3.63) is 29.8 Å². The highest BCUT2D eigenvalue weighted by atomic mass is 15.0. The Hall–Kier alpha value is -1.51. The molecule has 1 rings (SSSR count). The molecule has 1 aromatic carbocycles. The molecule has 0 unspecified atom stereocenters. The fourth-order valence-corrected chi connectivity index (χ4v) is 0.768. The maximum Gasteiger partial charge on any atom is 0.191 e. The lowest BCUT2D eigenvalue weighted by Crippen LogP contribution is -2.21. The average molecular weight is 179 g/mol. The summed E-state index contributed by atoms with van der Waals surface area (Å²) in [5, 5.41) is 0. The predicted molar refractivity (Wildman–Crippen MR) is 58.0 cm³/mol. The van der Waals surface area contributed by atoms with Crippen LogP contribution in [0.3, 0.4) is 0 Å². The minimum absolute atomic E-state index is 0.0915. The van der Waals surface area contributed by atoms with Crippen molar-refractivity contribution in [2.24, 2.45) is 16.5 Å². The van der Waals surface area contributed by atoms with Gasteiger partial charge in [-0.1, -0.05) is 31.5 Å². The Balaban J connectivity index is 0.000000671. The van der Waals surface area contributed by atoms with Crippen LogP contribution < -0.4 is 11.5 Å². The van der Waals surface area contributed by atoms with E-state index < -0.39 is 0 Å². The standard InChI is InChI=1S/C8H11N3.C2H6/c1-6-2-4-7(5-3-6)11-8(9)10;1-2/h2-5H,1H3,(H4,9,10,11);1-2H3. The molecule has 3 nitrogen and oxygen atoms in total. The van der Waals surface area contributed by atoms with Gasteiger partial charge in [0.1, 0.15) is 0 Å². The summed E-state index contributed by atoms with van der Waals surface area (Å²) >= 11 is 0. The van der Waals surface area contributed by atoms with Crippen molar-refractivity contribution in [3.8, 4) is 0 Å². The molecule has 13 heavy (non-hydrogen) atoms. The largest absolute Gasteiger partial charge is 0.370 e. The van der Waals surface area contributed by atoms with E-state index in [4.69, 9.17) is 11.5 Å². The van der Waals surface area contributed by atoms with Gasteiger partial charge in [-0.25, -0.2) is 4.99 Å². The van der Waals surface area contributed by atoms with E-state index in [2.05, 4.69) is 4.99 Å². The summed E-state index contributed by atoms with van der Waals surface area (Å²) in [6.07, 6.45) is 0. The zero-order valence-corrected chi connectivity index (χ0v) is 8.41. The highest BCUT2D eigenvalue weighted by molar-refractivity contribution is 5.78.